The van der Waals surface area contributed by atoms with Gasteiger partial charge in [-0.2, -0.15) is 0 Å². The Balaban J connectivity index is 0.874. The number of benzene rings is 10. The van der Waals surface area contributed by atoms with E-state index in [0.717, 1.165) is 38.9 Å². The molecule has 13 aromatic rings. The van der Waals surface area contributed by atoms with Crippen molar-refractivity contribution in [3.05, 3.63) is 231 Å². The summed E-state index contributed by atoms with van der Waals surface area (Å²) in [6.45, 7) is 0. The van der Waals surface area contributed by atoms with Crippen LogP contribution in [0.1, 0.15) is 0 Å². The zero-order chi connectivity index (χ0) is 43.6. The molecule has 0 aliphatic heterocycles. The standard InChI is InChI=1S/C61H38N4S/c1-2-15-41(16-3-1)44-17-4-7-23-52(44)60-62-59(63-61(64-60)53-25-14-24-51-50-22-10-13-28-57(50)66-58(51)53)43-35-31-40(32-36-43)39-29-33-42(34-30-39)45-37-38-56(47-19-6-5-18-46(45)47)65-54-26-11-8-20-48(54)49-21-9-12-27-55(49)65/h1-38H. The number of hydrogen-bond acceptors (Lipinski definition) is 4. The first-order valence-electron chi connectivity index (χ1n) is 22.3. The SMILES string of the molecule is c1ccc(-c2ccccc2-c2nc(-c3ccc(-c4ccc(-c5ccc(-n6c7ccccc7c7ccccc76)c6ccccc56)cc4)cc3)nc(-c3cccc4c3sc3ccccc34)n2)cc1. The van der Waals surface area contributed by atoms with Crippen LogP contribution in [0.2, 0.25) is 0 Å². The Morgan fingerprint density at radius 3 is 1.47 bits per heavy atom. The molecule has 0 aliphatic carbocycles. The van der Waals surface area contributed by atoms with Gasteiger partial charge in [0.2, 0.25) is 0 Å². The minimum atomic E-state index is 0.633. The third kappa shape index (κ3) is 6.32. The maximum atomic E-state index is 5.25. The van der Waals surface area contributed by atoms with Crippen LogP contribution in [-0.4, -0.2) is 19.5 Å². The second-order valence-corrected chi connectivity index (χ2v) is 17.8. The fraction of sp³-hybridized carbons (Fsp3) is 0. The molecule has 0 unspecified atom stereocenters. The van der Waals surface area contributed by atoms with Crippen molar-refractivity contribution in [3.63, 3.8) is 0 Å². The highest BCUT2D eigenvalue weighted by Gasteiger charge is 2.20. The lowest BCUT2D eigenvalue weighted by Crippen LogP contribution is -2.01. The number of hydrogen-bond donors (Lipinski definition) is 0. The molecule has 308 valence electrons. The second kappa shape index (κ2) is 15.6. The fourth-order valence-corrected chi connectivity index (χ4v) is 11.0. The molecule has 13 rings (SSSR count). The van der Waals surface area contributed by atoms with Crippen LogP contribution in [0.4, 0.5) is 0 Å². The van der Waals surface area contributed by atoms with Gasteiger partial charge in [0.05, 0.1) is 16.7 Å². The zero-order valence-corrected chi connectivity index (χ0v) is 36.5. The third-order valence-electron chi connectivity index (χ3n) is 12.9. The highest BCUT2D eigenvalue weighted by atomic mass is 32.1. The molecule has 0 spiro atoms. The van der Waals surface area contributed by atoms with Crippen LogP contribution in [-0.2, 0) is 0 Å². The van der Waals surface area contributed by atoms with E-state index in [0.29, 0.717) is 17.5 Å². The molecule has 0 N–H and O–H groups in total. The van der Waals surface area contributed by atoms with Gasteiger partial charge in [-0.05, 0) is 69.1 Å². The van der Waals surface area contributed by atoms with Gasteiger partial charge in [-0.15, -0.1) is 11.3 Å². The van der Waals surface area contributed by atoms with Crippen molar-refractivity contribution in [1.29, 1.82) is 0 Å². The largest absolute Gasteiger partial charge is 0.309 e. The van der Waals surface area contributed by atoms with Crippen LogP contribution in [0.25, 0.3) is 126 Å². The molecule has 0 saturated carbocycles. The van der Waals surface area contributed by atoms with E-state index in [4.69, 9.17) is 15.0 Å². The van der Waals surface area contributed by atoms with Crippen molar-refractivity contribution >= 4 is 64.1 Å². The molecule has 0 fully saturated rings. The molecule has 66 heavy (non-hydrogen) atoms. The van der Waals surface area contributed by atoms with Crippen LogP contribution in [0, 0.1) is 0 Å². The fourth-order valence-electron chi connectivity index (χ4n) is 9.78. The molecule has 3 aromatic heterocycles. The van der Waals surface area contributed by atoms with Crippen molar-refractivity contribution in [2.45, 2.75) is 0 Å². The number of aromatic nitrogens is 4. The highest BCUT2D eigenvalue weighted by molar-refractivity contribution is 7.26. The summed E-state index contributed by atoms with van der Waals surface area (Å²) in [6, 6.07) is 82.2. The molecule has 0 amide bonds. The van der Waals surface area contributed by atoms with Crippen molar-refractivity contribution in [2.75, 3.05) is 0 Å². The number of para-hydroxylation sites is 2. The van der Waals surface area contributed by atoms with Gasteiger partial charge < -0.3 is 4.57 Å². The lowest BCUT2D eigenvalue weighted by atomic mass is 9.95. The van der Waals surface area contributed by atoms with Crippen LogP contribution >= 0.6 is 11.3 Å². The number of fused-ring (bicyclic) bond motifs is 7. The Morgan fingerprint density at radius 2 is 0.758 bits per heavy atom. The quantitative estimate of drug-likeness (QED) is 0.160. The van der Waals surface area contributed by atoms with Crippen LogP contribution in [0.15, 0.2) is 231 Å². The Kier molecular flexibility index (Phi) is 9.00. The molecule has 5 heteroatoms. The van der Waals surface area contributed by atoms with Crippen LogP contribution in [0.3, 0.4) is 0 Å². The topological polar surface area (TPSA) is 43.6 Å². The summed E-state index contributed by atoms with van der Waals surface area (Å²) < 4.78 is 4.83. The van der Waals surface area contributed by atoms with Crippen molar-refractivity contribution < 1.29 is 0 Å². The maximum absolute atomic E-state index is 5.25. The van der Waals surface area contributed by atoms with E-state index in [1.54, 1.807) is 11.3 Å². The van der Waals surface area contributed by atoms with E-state index in [-0.39, 0.29) is 0 Å². The maximum Gasteiger partial charge on any atom is 0.165 e. The highest BCUT2D eigenvalue weighted by Crippen LogP contribution is 2.42. The predicted octanol–water partition coefficient (Wildman–Crippen LogP) is 16.5. The predicted molar refractivity (Wildman–Crippen MR) is 277 cm³/mol. The minimum absolute atomic E-state index is 0.633. The van der Waals surface area contributed by atoms with Gasteiger partial charge in [0.1, 0.15) is 0 Å². The summed E-state index contributed by atoms with van der Waals surface area (Å²) in [5, 5.41) is 7.42. The smallest absolute Gasteiger partial charge is 0.165 e. The first kappa shape index (κ1) is 38.0. The Morgan fingerprint density at radius 1 is 0.273 bits per heavy atom. The number of nitrogens with zero attached hydrogens (tertiary/aromatic N) is 4. The van der Waals surface area contributed by atoms with Crippen LogP contribution in [0.5, 0.6) is 0 Å². The van der Waals surface area contributed by atoms with E-state index in [1.165, 1.54) is 69.6 Å². The third-order valence-corrected chi connectivity index (χ3v) is 14.1. The summed E-state index contributed by atoms with van der Waals surface area (Å²) in [4.78, 5) is 15.7. The minimum Gasteiger partial charge on any atom is -0.309 e. The zero-order valence-electron chi connectivity index (χ0n) is 35.6. The molecule has 0 bridgehead atoms. The van der Waals surface area contributed by atoms with Gasteiger partial charge in [0.15, 0.2) is 17.5 Å². The van der Waals surface area contributed by atoms with Crippen molar-refractivity contribution in [2.24, 2.45) is 0 Å². The molecule has 0 atom stereocenters. The van der Waals surface area contributed by atoms with Gasteiger partial charge >= 0.3 is 0 Å². The number of rotatable bonds is 7. The van der Waals surface area contributed by atoms with Gasteiger partial charge in [-0.1, -0.05) is 200 Å². The monoisotopic (exact) mass is 858 g/mol. The average molecular weight is 859 g/mol. The molecule has 4 nitrogen and oxygen atoms in total. The van der Waals surface area contributed by atoms with E-state index < -0.39 is 0 Å². The summed E-state index contributed by atoms with van der Waals surface area (Å²) in [5.74, 6) is 1.93. The number of thiophene rings is 1. The van der Waals surface area contributed by atoms with Gasteiger partial charge in [0, 0.05) is 53.0 Å². The Labute approximate surface area is 385 Å². The normalized spacial score (nSPS) is 11.6. The molecule has 0 aliphatic rings. The Bertz CT molecular complexity index is 3930. The van der Waals surface area contributed by atoms with Gasteiger partial charge in [-0.25, -0.2) is 15.0 Å². The first-order valence-corrected chi connectivity index (χ1v) is 23.1. The lowest BCUT2D eigenvalue weighted by molar-refractivity contribution is 1.08. The summed E-state index contributed by atoms with van der Waals surface area (Å²) >= 11 is 1.78. The molecular weight excluding hydrogens is 821 g/mol. The van der Waals surface area contributed by atoms with Gasteiger partial charge in [0.25, 0.3) is 0 Å². The van der Waals surface area contributed by atoms with E-state index in [2.05, 4.69) is 229 Å². The molecular formula is C61H38N4S. The van der Waals surface area contributed by atoms with Gasteiger partial charge in [-0.3, -0.25) is 0 Å². The van der Waals surface area contributed by atoms with E-state index in [9.17, 15) is 0 Å². The molecule has 0 radical (unpaired) electrons. The van der Waals surface area contributed by atoms with Crippen LogP contribution < -0.4 is 0 Å². The second-order valence-electron chi connectivity index (χ2n) is 16.7. The average Bonchev–Trinajstić information content (AvgIpc) is 3.95. The Hall–Kier alpha value is -8.51. The molecule has 3 heterocycles. The van der Waals surface area contributed by atoms with E-state index in [1.807, 2.05) is 6.07 Å². The molecule has 0 saturated heterocycles. The summed E-state index contributed by atoms with van der Waals surface area (Å²) in [7, 11) is 0. The molecule has 10 aromatic carbocycles. The van der Waals surface area contributed by atoms with Crippen molar-refractivity contribution in [3.8, 4) is 73.2 Å². The van der Waals surface area contributed by atoms with Crippen molar-refractivity contribution in [1.82, 2.24) is 19.5 Å². The summed E-state index contributed by atoms with van der Waals surface area (Å²) in [6.07, 6.45) is 0. The summed E-state index contributed by atoms with van der Waals surface area (Å²) in [5.41, 5.74) is 13.3. The lowest BCUT2D eigenvalue weighted by Gasteiger charge is -2.15. The first-order chi connectivity index (χ1) is 32.7. The van der Waals surface area contributed by atoms with E-state index >= 15 is 0 Å².